The van der Waals surface area contributed by atoms with Crippen molar-refractivity contribution in [1.82, 2.24) is 0 Å². The lowest BCUT2D eigenvalue weighted by Gasteiger charge is -2.25. The van der Waals surface area contributed by atoms with Crippen LogP contribution in [0.3, 0.4) is 0 Å². The third-order valence-electron chi connectivity index (χ3n) is 3.18. The van der Waals surface area contributed by atoms with E-state index < -0.39 is 11.5 Å². The number of nitrogens with zero attached hydrogens (tertiary/aromatic N) is 1. The van der Waals surface area contributed by atoms with Gasteiger partial charge in [0.05, 0.1) is 18.8 Å². The summed E-state index contributed by atoms with van der Waals surface area (Å²) in [5.41, 5.74) is 0.340. The van der Waals surface area contributed by atoms with Crippen molar-refractivity contribution in [2.24, 2.45) is 5.41 Å². The fourth-order valence-corrected chi connectivity index (χ4v) is 2.04. The molecule has 0 amide bonds. The van der Waals surface area contributed by atoms with Crippen LogP contribution in [0.25, 0.3) is 0 Å². The Morgan fingerprint density at radius 1 is 1.44 bits per heavy atom. The van der Waals surface area contributed by atoms with Gasteiger partial charge in [0.1, 0.15) is 5.41 Å². The van der Waals surface area contributed by atoms with Gasteiger partial charge in [-0.2, -0.15) is 5.26 Å². The topological polar surface area (TPSA) is 53.2 Å². The Bertz CT molecular complexity index is 377. The van der Waals surface area contributed by atoms with Crippen LogP contribution in [0.4, 0.5) is 0 Å². The van der Waals surface area contributed by atoms with Gasteiger partial charge in [-0.1, -0.05) is 30.3 Å². The second kappa shape index (κ2) is 4.65. The number of benzene rings is 1. The van der Waals surface area contributed by atoms with Crippen LogP contribution in [0.5, 0.6) is 0 Å². The van der Waals surface area contributed by atoms with E-state index in [-0.39, 0.29) is 0 Å². The summed E-state index contributed by atoms with van der Waals surface area (Å²) in [6.07, 6.45) is 0.484. The van der Waals surface area contributed by atoms with E-state index in [0.29, 0.717) is 26.1 Å². The molecule has 1 aliphatic rings. The molecule has 0 aliphatic carbocycles. The van der Waals surface area contributed by atoms with Gasteiger partial charge in [0.2, 0.25) is 0 Å². The molecule has 0 bridgehead atoms. The van der Waals surface area contributed by atoms with E-state index in [9.17, 15) is 10.4 Å². The minimum Gasteiger partial charge on any atom is -0.391 e. The molecule has 1 fully saturated rings. The molecule has 0 saturated carbocycles. The van der Waals surface area contributed by atoms with Gasteiger partial charge in [-0.3, -0.25) is 0 Å². The standard InChI is InChI=1S/C13H15NO2/c14-9-13(6-7-16-10-13)12(15)8-11-4-2-1-3-5-11/h1-5,12,15H,6-8,10H2. The average molecular weight is 217 g/mol. The van der Waals surface area contributed by atoms with E-state index in [1.807, 2.05) is 30.3 Å². The van der Waals surface area contributed by atoms with Crippen molar-refractivity contribution in [2.45, 2.75) is 18.9 Å². The summed E-state index contributed by atoms with van der Waals surface area (Å²) in [4.78, 5) is 0. The van der Waals surface area contributed by atoms with Crippen LogP contribution in [-0.4, -0.2) is 24.4 Å². The molecule has 3 heteroatoms. The molecule has 0 aromatic heterocycles. The molecule has 2 rings (SSSR count). The molecule has 1 heterocycles. The summed E-state index contributed by atoms with van der Waals surface area (Å²) in [5.74, 6) is 0. The molecule has 16 heavy (non-hydrogen) atoms. The molecule has 3 nitrogen and oxygen atoms in total. The van der Waals surface area contributed by atoms with Gasteiger partial charge in [-0.25, -0.2) is 0 Å². The third kappa shape index (κ3) is 2.08. The third-order valence-corrected chi connectivity index (χ3v) is 3.18. The maximum absolute atomic E-state index is 10.2. The molecular weight excluding hydrogens is 202 g/mol. The molecule has 84 valence electrons. The van der Waals surface area contributed by atoms with Crippen LogP contribution >= 0.6 is 0 Å². The van der Waals surface area contributed by atoms with Gasteiger partial charge in [0.15, 0.2) is 0 Å². The Balaban J connectivity index is 2.08. The summed E-state index contributed by atoms with van der Waals surface area (Å²) in [6, 6.07) is 12.0. The Kier molecular flexibility index (Phi) is 3.23. The lowest BCUT2D eigenvalue weighted by atomic mass is 9.80. The highest BCUT2D eigenvalue weighted by Gasteiger charge is 2.42. The summed E-state index contributed by atoms with van der Waals surface area (Å²) in [6.45, 7) is 0.914. The van der Waals surface area contributed by atoms with E-state index >= 15 is 0 Å². The van der Waals surface area contributed by atoms with Crippen molar-refractivity contribution in [1.29, 1.82) is 5.26 Å². The SMILES string of the molecule is N#CC1(C(O)Cc2ccccc2)CCOC1. The van der Waals surface area contributed by atoms with Crippen molar-refractivity contribution in [3.05, 3.63) is 35.9 Å². The van der Waals surface area contributed by atoms with Crippen molar-refractivity contribution in [3.8, 4) is 6.07 Å². The van der Waals surface area contributed by atoms with Crippen molar-refractivity contribution < 1.29 is 9.84 Å². The van der Waals surface area contributed by atoms with Crippen LogP contribution in [-0.2, 0) is 11.2 Å². The van der Waals surface area contributed by atoms with E-state index in [4.69, 9.17) is 4.74 Å². The molecule has 2 atom stereocenters. The summed E-state index contributed by atoms with van der Waals surface area (Å²) in [5, 5.41) is 19.3. The number of rotatable bonds is 3. The van der Waals surface area contributed by atoms with Crippen molar-refractivity contribution in [3.63, 3.8) is 0 Å². The van der Waals surface area contributed by atoms with Crippen LogP contribution in [0.15, 0.2) is 30.3 Å². The maximum atomic E-state index is 10.2. The molecule has 1 aromatic carbocycles. The second-order valence-electron chi connectivity index (χ2n) is 4.28. The number of aliphatic hydroxyl groups is 1. The van der Waals surface area contributed by atoms with Gasteiger partial charge in [-0.15, -0.1) is 0 Å². The lowest BCUT2D eigenvalue weighted by molar-refractivity contribution is 0.0515. The van der Waals surface area contributed by atoms with Crippen LogP contribution in [0.1, 0.15) is 12.0 Å². The lowest BCUT2D eigenvalue weighted by Crippen LogP contribution is -2.36. The summed E-state index contributed by atoms with van der Waals surface area (Å²) < 4.78 is 5.23. The molecule has 1 N–H and O–H groups in total. The fourth-order valence-electron chi connectivity index (χ4n) is 2.04. The zero-order valence-electron chi connectivity index (χ0n) is 9.10. The van der Waals surface area contributed by atoms with E-state index in [1.54, 1.807) is 0 Å². The first kappa shape index (κ1) is 11.1. The highest BCUT2D eigenvalue weighted by Crippen LogP contribution is 2.33. The number of hydrogen-bond acceptors (Lipinski definition) is 3. The van der Waals surface area contributed by atoms with Gasteiger partial charge in [0.25, 0.3) is 0 Å². The Hall–Kier alpha value is -1.37. The zero-order chi connectivity index (χ0) is 11.4. The van der Waals surface area contributed by atoms with Crippen LogP contribution in [0.2, 0.25) is 0 Å². The molecule has 1 aliphatic heterocycles. The normalized spacial score (nSPS) is 26.2. The number of nitriles is 1. The quantitative estimate of drug-likeness (QED) is 0.835. The van der Waals surface area contributed by atoms with E-state index in [0.717, 1.165) is 5.56 Å². The van der Waals surface area contributed by atoms with Gasteiger partial charge in [0, 0.05) is 13.0 Å². The first-order valence-corrected chi connectivity index (χ1v) is 5.48. The predicted octanol–water partition coefficient (Wildman–Crippen LogP) is 1.52. The molecule has 0 radical (unpaired) electrons. The molecular formula is C13H15NO2. The summed E-state index contributed by atoms with van der Waals surface area (Å²) >= 11 is 0. The zero-order valence-corrected chi connectivity index (χ0v) is 9.10. The second-order valence-corrected chi connectivity index (χ2v) is 4.28. The van der Waals surface area contributed by atoms with Crippen molar-refractivity contribution >= 4 is 0 Å². The monoisotopic (exact) mass is 217 g/mol. The summed E-state index contributed by atoms with van der Waals surface area (Å²) in [7, 11) is 0. The minimum atomic E-state index is -0.712. The highest BCUT2D eigenvalue weighted by atomic mass is 16.5. The average Bonchev–Trinajstić information content (AvgIpc) is 2.80. The van der Waals surface area contributed by atoms with Crippen molar-refractivity contribution in [2.75, 3.05) is 13.2 Å². The predicted molar refractivity (Wildman–Crippen MR) is 59.6 cm³/mol. The number of hydrogen-bond donors (Lipinski definition) is 1. The molecule has 2 unspecified atom stereocenters. The van der Waals surface area contributed by atoms with E-state index in [1.165, 1.54) is 0 Å². The Morgan fingerprint density at radius 3 is 2.75 bits per heavy atom. The van der Waals surface area contributed by atoms with Crippen LogP contribution < -0.4 is 0 Å². The number of ether oxygens (including phenoxy) is 1. The van der Waals surface area contributed by atoms with E-state index in [2.05, 4.69) is 6.07 Å². The van der Waals surface area contributed by atoms with Gasteiger partial charge >= 0.3 is 0 Å². The first-order chi connectivity index (χ1) is 7.77. The molecule has 0 spiro atoms. The highest BCUT2D eigenvalue weighted by molar-refractivity contribution is 5.18. The number of aliphatic hydroxyl groups excluding tert-OH is 1. The smallest absolute Gasteiger partial charge is 0.109 e. The maximum Gasteiger partial charge on any atom is 0.109 e. The Morgan fingerprint density at radius 2 is 2.19 bits per heavy atom. The minimum absolute atomic E-state index is 0.345. The van der Waals surface area contributed by atoms with Crippen LogP contribution in [0, 0.1) is 16.7 Å². The Labute approximate surface area is 95.3 Å². The first-order valence-electron chi connectivity index (χ1n) is 5.48. The molecule has 1 aromatic rings. The van der Waals surface area contributed by atoms with Gasteiger partial charge < -0.3 is 9.84 Å². The largest absolute Gasteiger partial charge is 0.391 e. The van der Waals surface area contributed by atoms with Gasteiger partial charge in [-0.05, 0) is 12.0 Å². The molecule has 1 saturated heterocycles. The fraction of sp³-hybridized carbons (Fsp3) is 0.462.